The summed E-state index contributed by atoms with van der Waals surface area (Å²) < 4.78 is 26.0. The summed E-state index contributed by atoms with van der Waals surface area (Å²) in [5.74, 6) is -1.42. The van der Waals surface area contributed by atoms with Gasteiger partial charge in [-0.15, -0.1) is 0 Å². The minimum atomic E-state index is -0.918. The van der Waals surface area contributed by atoms with Gasteiger partial charge in [-0.05, 0) is 93.7 Å². The molecule has 1 aromatic rings. The molecule has 1 heterocycles. The standard InChI is InChI=1S/C25H32FNO4/c1-24(6-8-25(9-7-24)10-11-25)15-30-21-14-19(26)18(13-17(21)16-4-5-16)22(28)31-23(29)20-3-2-12-27-20/h13-14,16,20,27H,2-12,15H2,1H3/t20-/m0/s1. The molecule has 5 nitrogen and oxygen atoms in total. The fourth-order valence-electron chi connectivity index (χ4n) is 5.13. The van der Waals surface area contributed by atoms with Gasteiger partial charge in [-0.25, -0.2) is 14.0 Å². The average molecular weight is 430 g/mol. The van der Waals surface area contributed by atoms with Crippen molar-refractivity contribution in [2.75, 3.05) is 13.2 Å². The molecule has 3 aliphatic carbocycles. The number of rotatable bonds is 6. The lowest BCUT2D eigenvalue weighted by Crippen LogP contribution is -2.34. The van der Waals surface area contributed by atoms with Gasteiger partial charge in [-0.1, -0.05) is 6.92 Å². The molecule has 5 rings (SSSR count). The number of carbonyl (C=O) groups is 2. The molecule has 168 valence electrons. The first-order valence-corrected chi connectivity index (χ1v) is 11.8. The van der Waals surface area contributed by atoms with Crippen LogP contribution in [0.1, 0.15) is 93.0 Å². The lowest BCUT2D eigenvalue weighted by atomic mass is 9.71. The van der Waals surface area contributed by atoms with Crippen LogP contribution >= 0.6 is 0 Å². The van der Waals surface area contributed by atoms with Crippen molar-refractivity contribution in [3.63, 3.8) is 0 Å². The fraction of sp³-hybridized carbons (Fsp3) is 0.680. The van der Waals surface area contributed by atoms with E-state index in [2.05, 4.69) is 12.2 Å². The van der Waals surface area contributed by atoms with Crippen molar-refractivity contribution in [1.82, 2.24) is 5.32 Å². The van der Waals surface area contributed by atoms with Crippen LogP contribution in [0.5, 0.6) is 5.75 Å². The molecular formula is C25H32FNO4. The third-order valence-electron chi connectivity index (χ3n) is 7.93. The number of hydrogen-bond acceptors (Lipinski definition) is 5. The molecule has 1 saturated heterocycles. The molecule has 0 amide bonds. The van der Waals surface area contributed by atoms with Crippen LogP contribution in [0.4, 0.5) is 4.39 Å². The summed E-state index contributed by atoms with van der Waals surface area (Å²) in [6.07, 6.45) is 11.1. The Labute approximate surface area is 183 Å². The third kappa shape index (κ3) is 4.50. The zero-order chi connectivity index (χ0) is 21.6. The summed E-state index contributed by atoms with van der Waals surface area (Å²) in [5.41, 5.74) is 1.42. The highest BCUT2D eigenvalue weighted by Crippen LogP contribution is 2.59. The van der Waals surface area contributed by atoms with Crippen molar-refractivity contribution < 1.29 is 23.5 Å². The fourth-order valence-corrected chi connectivity index (χ4v) is 5.13. The van der Waals surface area contributed by atoms with E-state index in [9.17, 15) is 14.0 Å². The van der Waals surface area contributed by atoms with E-state index < -0.39 is 23.8 Å². The van der Waals surface area contributed by atoms with Gasteiger partial charge in [0, 0.05) is 11.5 Å². The SMILES string of the molecule is CC1(COc2cc(F)c(C(=O)OC(=O)[C@@H]3CCCN3)cc2C2CC2)CCC2(CC1)CC2. The Hall–Kier alpha value is -1.95. The largest absolute Gasteiger partial charge is 0.493 e. The van der Waals surface area contributed by atoms with E-state index in [4.69, 9.17) is 9.47 Å². The molecule has 1 aromatic carbocycles. The van der Waals surface area contributed by atoms with Crippen molar-refractivity contribution in [2.24, 2.45) is 10.8 Å². The normalized spacial score (nSPS) is 25.9. The van der Waals surface area contributed by atoms with Gasteiger partial charge in [-0.2, -0.15) is 0 Å². The lowest BCUT2D eigenvalue weighted by molar-refractivity contribution is -0.139. The highest BCUT2D eigenvalue weighted by Gasteiger charge is 2.48. The summed E-state index contributed by atoms with van der Waals surface area (Å²) in [6.45, 7) is 3.56. The Morgan fingerprint density at radius 3 is 2.42 bits per heavy atom. The van der Waals surface area contributed by atoms with Crippen molar-refractivity contribution in [1.29, 1.82) is 0 Å². The van der Waals surface area contributed by atoms with Gasteiger partial charge in [0.1, 0.15) is 17.6 Å². The second kappa shape index (κ2) is 7.88. The van der Waals surface area contributed by atoms with E-state index >= 15 is 0 Å². The van der Waals surface area contributed by atoms with Gasteiger partial charge in [0.25, 0.3) is 0 Å². The highest BCUT2D eigenvalue weighted by atomic mass is 19.1. The minimum absolute atomic E-state index is 0.115. The molecule has 4 aliphatic rings. The zero-order valence-corrected chi connectivity index (χ0v) is 18.3. The van der Waals surface area contributed by atoms with Crippen molar-refractivity contribution >= 4 is 11.9 Å². The van der Waals surface area contributed by atoms with Crippen LogP contribution in [0, 0.1) is 16.6 Å². The maximum absolute atomic E-state index is 14.9. The summed E-state index contributed by atoms with van der Waals surface area (Å²) in [4.78, 5) is 24.7. The quantitative estimate of drug-likeness (QED) is 0.516. The Kier molecular flexibility index (Phi) is 5.32. The summed E-state index contributed by atoms with van der Waals surface area (Å²) in [5, 5.41) is 3.00. The Bertz CT molecular complexity index is 874. The first kappa shape index (κ1) is 20.9. The predicted octanol–water partition coefficient (Wildman–Crippen LogP) is 4.88. The number of esters is 2. The van der Waals surface area contributed by atoms with Crippen LogP contribution in [-0.2, 0) is 9.53 Å². The predicted molar refractivity (Wildman–Crippen MR) is 114 cm³/mol. The molecular weight excluding hydrogens is 397 g/mol. The van der Waals surface area contributed by atoms with E-state index in [1.807, 2.05) is 0 Å². The molecule has 3 saturated carbocycles. The first-order chi connectivity index (χ1) is 14.9. The van der Waals surface area contributed by atoms with Crippen LogP contribution in [-0.4, -0.2) is 31.1 Å². The molecule has 0 aromatic heterocycles. The second-order valence-electron chi connectivity index (χ2n) is 10.6. The zero-order valence-electron chi connectivity index (χ0n) is 18.3. The monoisotopic (exact) mass is 429 g/mol. The van der Waals surface area contributed by atoms with E-state index in [-0.39, 0.29) is 16.9 Å². The lowest BCUT2D eigenvalue weighted by Gasteiger charge is -2.37. The van der Waals surface area contributed by atoms with Crippen LogP contribution in [0.3, 0.4) is 0 Å². The minimum Gasteiger partial charge on any atom is -0.493 e. The molecule has 0 radical (unpaired) electrons. The van der Waals surface area contributed by atoms with Crippen LogP contribution in [0.2, 0.25) is 0 Å². The Morgan fingerprint density at radius 1 is 1.10 bits per heavy atom. The Balaban J connectivity index is 1.28. The number of hydrogen-bond donors (Lipinski definition) is 1. The van der Waals surface area contributed by atoms with Gasteiger partial charge in [0.05, 0.1) is 12.2 Å². The summed E-state index contributed by atoms with van der Waals surface area (Å²) in [6, 6.07) is 2.38. The van der Waals surface area contributed by atoms with Crippen molar-refractivity contribution in [2.45, 2.75) is 83.1 Å². The van der Waals surface area contributed by atoms with Crippen LogP contribution in [0.25, 0.3) is 0 Å². The molecule has 4 fully saturated rings. The Morgan fingerprint density at radius 2 is 1.81 bits per heavy atom. The summed E-state index contributed by atoms with van der Waals surface area (Å²) >= 11 is 0. The molecule has 31 heavy (non-hydrogen) atoms. The highest BCUT2D eigenvalue weighted by molar-refractivity contribution is 5.98. The van der Waals surface area contributed by atoms with Gasteiger partial charge in [0.2, 0.25) is 0 Å². The molecule has 1 atom stereocenters. The van der Waals surface area contributed by atoms with Crippen molar-refractivity contribution in [3.05, 3.63) is 29.1 Å². The third-order valence-corrected chi connectivity index (χ3v) is 7.93. The maximum Gasteiger partial charge on any atom is 0.348 e. The molecule has 0 unspecified atom stereocenters. The molecule has 1 spiro atoms. The van der Waals surface area contributed by atoms with Gasteiger partial charge in [-0.3, -0.25) is 0 Å². The van der Waals surface area contributed by atoms with Gasteiger partial charge in [0.15, 0.2) is 0 Å². The molecule has 1 N–H and O–H groups in total. The maximum atomic E-state index is 14.9. The number of halogens is 1. The number of carbonyl (C=O) groups excluding carboxylic acids is 2. The van der Waals surface area contributed by atoms with E-state index in [0.29, 0.717) is 24.2 Å². The smallest absolute Gasteiger partial charge is 0.348 e. The van der Waals surface area contributed by atoms with E-state index in [0.717, 1.165) is 44.2 Å². The molecule has 6 heteroatoms. The van der Waals surface area contributed by atoms with Crippen LogP contribution in [0.15, 0.2) is 12.1 Å². The number of nitrogens with one attached hydrogen (secondary N) is 1. The first-order valence-electron chi connectivity index (χ1n) is 11.8. The number of ether oxygens (including phenoxy) is 2. The van der Waals surface area contributed by atoms with Crippen molar-refractivity contribution in [3.8, 4) is 5.75 Å². The number of benzene rings is 1. The molecule has 0 bridgehead atoms. The molecule has 1 aliphatic heterocycles. The summed E-state index contributed by atoms with van der Waals surface area (Å²) in [7, 11) is 0. The average Bonchev–Trinajstić information content (AvgIpc) is 3.68. The van der Waals surface area contributed by atoms with Gasteiger partial charge >= 0.3 is 11.9 Å². The van der Waals surface area contributed by atoms with Gasteiger partial charge < -0.3 is 14.8 Å². The second-order valence-corrected chi connectivity index (χ2v) is 10.6. The topological polar surface area (TPSA) is 64.6 Å². The van der Waals surface area contributed by atoms with E-state index in [1.54, 1.807) is 6.07 Å². The van der Waals surface area contributed by atoms with E-state index in [1.165, 1.54) is 31.7 Å². The van der Waals surface area contributed by atoms with Crippen LogP contribution < -0.4 is 10.1 Å².